The van der Waals surface area contributed by atoms with Gasteiger partial charge in [-0.05, 0) is 61.2 Å². The first kappa shape index (κ1) is 10.5. The van der Waals surface area contributed by atoms with Crippen LogP contribution >= 0.6 is 0 Å². The lowest BCUT2D eigenvalue weighted by Crippen LogP contribution is -2.21. The Kier molecular flexibility index (Phi) is 2.66. The molecule has 1 atom stereocenters. The summed E-state index contributed by atoms with van der Waals surface area (Å²) in [4.78, 5) is 0. The van der Waals surface area contributed by atoms with Gasteiger partial charge in [0.15, 0.2) is 0 Å². The van der Waals surface area contributed by atoms with Gasteiger partial charge in [-0.25, -0.2) is 0 Å². The molecule has 0 heterocycles. The van der Waals surface area contributed by atoms with Gasteiger partial charge in [0, 0.05) is 0 Å². The van der Waals surface area contributed by atoms with E-state index in [0.29, 0.717) is 0 Å². The van der Waals surface area contributed by atoms with Gasteiger partial charge < -0.3 is 0 Å². The van der Waals surface area contributed by atoms with Crippen LogP contribution in [0.1, 0.15) is 59.8 Å². The molecule has 1 spiro atoms. The Balaban J connectivity index is 1.86. The summed E-state index contributed by atoms with van der Waals surface area (Å²) in [5, 5.41) is 0. The topological polar surface area (TPSA) is 0 Å². The van der Waals surface area contributed by atoms with Crippen LogP contribution in [-0.2, 0) is 0 Å². The van der Waals surface area contributed by atoms with Gasteiger partial charge >= 0.3 is 0 Å². The SMILES string of the molecule is CC(C)C1CCC2(CC1)CC2C(C)C. The Labute approximate surface area is 89.5 Å². The summed E-state index contributed by atoms with van der Waals surface area (Å²) < 4.78 is 0. The molecule has 0 aromatic carbocycles. The third kappa shape index (κ3) is 1.73. The Morgan fingerprint density at radius 1 is 0.929 bits per heavy atom. The van der Waals surface area contributed by atoms with Crippen molar-refractivity contribution in [1.29, 1.82) is 0 Å². The molecule has 14 heavy (non-hydrogen) atoms. The fraction of sp³-hybridized carbons (Fsp3) is 1.00. The minimum atomic E-state index is 0.833. The zero-order chi connectivity index (χ0) is 10.3. The van der Waals surface area contributed by atoms with Crippen molar-refractivity contribution in [3.8, 4) is 0 Å². The molecule has 1 unspecified atom stereocenters. The number of hydrogen-bond donors (Lipinski definition) is 0. The predicted molar refractivity (Wildman–Crippen MR) is 62.2 cm³/mol. The predicted octanol–water partition coefficient (Wildman–Crippen LogP) is 4.49. The summed E-state index contributed by atoms with van der Waals surface area (Å²) in [7, 11) is 0. The van der Waals surface area contributed by atoms with E-state index in [9.17, 15) is 0 Å². The van der Waals surface area contributed by atoms with Gasteiger partial charge in [-0.15, -0.1) is 0 Å². The van der Waals surface area contributed by atoms with E-state index < -0.39 is 0 Å². The van der Waals surface area contributed by atoms with Crippen LogP contribution in [0.3, 0.4) is 0 Å². The maximum Gasteiger partial charge on any atom is -0.0263 e. The summed E-state index contributed by atoms with van der Waals surface area (Å²) in [6.07, 6.45) is 7.66. The molecule has 0 radical (unpaired) electrons. The molecule has 2 fully saturated rings. The second-order valence-electron chi connectivity index (χ2n) is 6.50. The molecule has 82 valence electrons. The van der Waals surface area contributed by atoms with E-state index in [1.807, 2.05) is 0 Å². The number of hydrogen-bond acceptors (Lipinski definition) is 0. The third-order valence-corrected chi connectivity index (χ3v) is 5.03. The fourth-order valence-corrected chi connectivity index (χ4v) is 3.78. The van der Waals surface area contributed by atoms with Crippen molar-refractivity contribution >= 4 is 0 Å². The summed E-state index contributed by atoms with van der Waals surface area (Å²) >= 11 is 0. The van der Waals surface area contributed by atoms with Crippen molar-refractivity contribution < 1.29 is 0 Å². The minimum absolute atomic E-state index is 0.833. The largest absolute Gasteiger partial charge is 0.0625 e. The fourth-order valence-electron chi connectivity index (χ4n) is 3.78. The maximum atomic E-state index is 2.41. The normalized spacial score (nSPS) is 42.4. The highest BCUT2D eigenvalue weighted by molar-refractivity contribution is 5.05. The van der Waals surface area contributed by atoms with Gasteiger partial charge in [0.1, 0.15) is 0 Å². The van der Waals surface area contributed by atoms with Crippen molar-refractivity contribution in [3.63, 3.8) is 0 Å². The summed E-state index contributed by atoms with van der Waals surface area (Å²) in [6.45, 7) is 9.62. The summed E-state index contributed by atoms with van der Waals surface area (Å²) in [5.41, 5.74) is 0.833. The van der Waals surface area contributed by atoms with Gasteiger partial charge in [-0.2, -0.15) is 0 Å². The number of rotatable bonds is 2. The van der Waals surface area contributed by atoms with E-state index in [1.54, 1.807) is 19.3 Å². The summed E-state index contributed by atoms with van der Waals surface area (Å²) in [5.74, 6) is 3.97. The average Bonchev–Trinajstić information content (AvgIpc) is 2.80. The lowest BCUT2D eigenvalue weighted by molar-refractivity contribution is 0.189. The van der Waals surface area contributed by atoms with Crippen molar-refractivity contribution in [1.82, 2.24) is 0 Å². The zero-order valence-corrected chi connectivity index (χ0v) is 10.3. The van der Waals surface area contributed by atoms with Gasteiger partial charge in [-0.3, -0.25) is 0 Å². The molecule has 0 heteroatoms. The van der Waals surface area contributed by atoms with Crippen molar-refractivity contribution in [2.75, 3.05) is 0 Å². The Hall–Kier alpha value is 0. The third-order valence-electron chi connectivity index (χ3n) is 5.03. The van der Waals surface area contributed by atoms with E-state index in [2.05, 4.69) is 27.7 Å². The Morgan fingerprint density at radius 3 is 1.86 bits per heavy atom. The van der Waals surface area contributed by atoms with Gasteiger partial charge in [0.25, 0.3) is 0 Å². The molecule has 0 saturated heterocycles. The molecule has 2 aliphatic rings. The first-order valence-corrected chi connectivity index (χ1v) is 6.55. The van der Waals surface area contributed by atoms with Crippen LogP contribution in [0.5, 0.6) is 0 Å². The van der Waals surface area contributed by atoms with E-state index in [4.69, 9.17) is 0 Å². The van der Waals surface area contributed by atoms with Crippen molar-refractivity contribution in [3.05, 3.63) is 0 Å². The van der Waals surface area contributed by atoms with Crippen LogP contribution in [0.25, 0.3) is 0 Å². The standard InChI is InChI=1S/C14H26/c1-10(2)12-5-7-14(8-6-12)9-13(14)11(3)4/h10-13H,5-9H2,1-4H3. The van der Waals surface area contributed by atoms with Gasteiger partial charge in [0.2, 0.25) is 0 Å². The molecule has 2 rings (SSSR count). The molecule has 0 N–H and O–H groups in total. The average molecular weight is 194 g/mol. The smallest absolute Gasteiger partial charge is 0.0263 e. The molecule has 2 aliphatic carbocycles. The first-order valence-electron chi connectivity index (χ1n) is 6.55. The van der Waals surface area contributed by atoms with Crippen LogP contribution in [0.15, 0.2) is 0 Å². The zero-order valence-electron chi connectivity index (χ0n) is 10.3. The highest BCUT2D eigenvalue weighted by Gasteiger charge is 2.55. The van der Waals surface area contributed by atoms with Crippen LogP contribution in [0.4, 0.5) is 0 Å². The lowest BCUT2D eigenvalue weighted by Gasteiger charge is -2.32. The molecule has 2 saturated carbocycles. The molecular weight excluding hydrogens is 168 g/mol. The lowest BCUT2D eigenvalue weighted by atomic mass is 9.73. The Bertz CT molecular complexity index is 194. The molecule has 0 bridgehead atoms. The van der Waals surface area contributed by atoms with E-state index in [-0.39, 0.29) is 0 Å². The van der Waals surface area contributed by atoms with Crippen LogP contribution in [0, 0.1) is 29.1 Å². The molecule has 0 aromatic heterocycles. The molecule has 0 amide bonds. The van der Waals surface area contributed by atoms with E-state index >= 15 is 0 Å². The molecular formula is C14H26. The van der Waals surface area contributed by atoms with E-state index in [0.717, 1.165) is 29.1 Å². The molecule has 0 aliphatic heterocycles. The van der Waals surface area contributed by atoms with Crippen molar-refractivity contribution in [2.45, 2.75) is 59.8 Å². The van der Waals surface area contributed by atoms with Crippen LogP contribution in [-0.4, -0.2) is 0 Å². The highest BCUT2D eigenvalue weighted by atomic mass is 14.6. The van der Waals surface area contributed by atoms with Crippen LogP contribution in [0.2, 0.25) is 0 Å². The highest BCUT2D eigenvalue weighted by Crippen LogP contribution is 2.65. The van der Waals surface area contributed by atoms with Crippen LogP contribution < -0.4 is 0 Å². The minimum Gasteiger partial charge on any atom is -0.0625 e. The van der Waals surface area contributed by atoms with E-state index in [1.165, 1.54) is 12.8 Å². The molecule has 0 aromatic rings. The Morgan fingerprint density at radius 2 is 1.50 bits per heavy atom. The van der Waals surface area contributed by atoms with Gasteiger partial charge in [0.05, 0.1) is 0 Å². The van der Waals surface area contributed by atoms with Gasteiger partial charge in [-0.1, -0.05) is 27.7 Å². The second kappa shape index (κ2) is 3.54. The quantitative estimate of drug-likeness (QED) is 0.607. The molecule has 0 nitrogen and oxygen atoms in total. The first-order chi connectivity index (χ1) is 6.55. The summed E-state index contributed by atoms with van der Waals surface area (Å²) in [6, 6.07) is 0. The maximum absolute atomic E-state index is 2.41. The van der Waals surface area contributed by atoms with Crippen molar-refractivity contribution in [2.24, 2.45) is 29.1 Å². The monoisotopic (exact) mass is 194 g/mol. The second-order valence-corrected chi connectivity index (χ2v) is 6.50.